The summed E-state index contributed by atoms with van der Waals surface area (Å²) < 4.78 is 109. The summed E-state index contributed by atoms with van der Waals surface area (Å²) in [5, 5.41) is 362. The van der Waals surface area contributed by atoms with Crippen LogP contribution in [0.2, 0.25) is 0 Å². The molecule has 0 spiro atoms. The van der Waals surface area contributed by atoms with Crippen LogP contribution < -0.4 is 0 Å². The molecule has 10 saturated heterocycles. The summed E-state index contributed by atoms with van der Waals surface area (Å²) in [5.41, 5.74) is 0. The molecule has 55 nitrogen and oxygen atoms in total. The predicted molar refractivity (Wildman–Crippen MR) is 383 cm³/mol. The van der Waals surface area contributed by atoms with E-state index in [1.807, 2.05) is 0 Å². The second-order valence-corrected chi connectivity index (χ2v) is 31.9. The van der Waals surface area contributed by atoms with E-state index in [4.69, 9.17) is 99.8 Å². The monoisotopic (exact) mass is 1840 g/mol. The number of ether oxygens (including phenoxy) is 20. The van der Waals surface area contributed by atoms with Gasteiger partial charge in [-0.05, 0) is 6.42 Å². The number of methoxy groups -OCH3 is 2. The first-order valence-electron chi connectivity index (χ1n) is 40.1. The first kappa shape index (κ1) is 106. The molecule has 35 N–H and O–H groups in total. The Morgan fingerprint density at radius 1 is 0.192 bits per heavy atom. The lowest BCUT2D eigenvalue weighted by atomic mass is 9.81. The molecule has 0 amide bonds. The summed E-state index contributed by atoms with van der Waals surface area (Å²) in [6, 6.07) is 0. The molecule has 55 heteroatoms. The quantitative estimate of drug-likeness (QED) is 0.0346. The molecule has 0 aromatic heterocycles. The molecule has 1 aliphatic carbocycles. The maximum atomic E-state index is 11.8. The summed E-state index contributed by atoms with van der Waals surface area (Å²) in [6.45, 7) is -4.62. The third-order valence-electron chi connectivity index (χ3n) is 23.9. The molecule has 0 bridgehead atoms. The SMILES string of the molecule is CO[C@@H]1CC(CO)[C@@H](O)[C@H](O[C@@H]2OC(CO)[C@@H](O)[C@H](O[C@@H]3OC(CO)[C@@H](O)[C@H](O)C3O)C2O)C1O.CO[C@@H]1OC(CO)[C@@H](O)[C@H](O[C@@H]2OC(CO)[C@@H](O)[C@H](O[C@@H]3OC(O[C@@H]4OC(CO)[C@@H](O)[C@H](O)C4O)[C@@H](O)[C@H](O[C@@H]4OC(CO)[C@@H](O)[C@H](O[C@@H]5OC(CO)[C@@H](O)[C@H](C)C5O)C4O)C3O)C2O)C1O.C[C@@H]1C(O)[C@H](O[C@@H]2C(O)[C@H](O)OC(CO)[C@H]2O)OC(CO)[C@H]1O. The Bertz CT molecular complexity index is 3070. The van der Waals surface area contributed by atoms with Crippen molar-refractivity contribution in [2.45, 2.75) is 340 Å². The number of aliphatic hydroxyl groups is 35. The van der Waals surface area contributed by atoms with Gasteiger partial charge in [-0.1, -0.05) is 13.8 Å². The van der Waals surface area contributed by atoms with Crippen LogP contribution in [0.4, 0.5) is 0 Å². The second-order valence-electron chi connectivity index (χ2n) is 31.9. The lowest BCUT2D eigenvalue weighted by Gasteiger charge is -2.50. The smallest absolute Gasteiger partial charge is 0.192 e. The largest absolute Gasteiger partial charge is 0.396 e. The Balaban J connectivity index is 0.000000251. The summed E-state index contributed by atoms with van der Waals surface area (Å²) in [7, 11) is 2.45. The van der Waals surface area contributed by atoms with E-state index in [1.165, 1.54) is 21.0 Å². The number of rotatable bonds is 28. The van der Waals surface area contributed by atoms with Gasteiger partial charge < -0.3 is 273 Å². The van der Waals surface area contributed by atoms with Crippen LogP contribution in [0.3, 0.4) is 0 Å². The Morgan fingerprint density at radius 2 is 0.416 bits per heavy atom. The normalized spacial score (nSPS) is 52.5. The maximum absolute atomic E-state index is 11.8. The number of hydrogen-bond donors (Lipinski definition) is 35. The highest BCUT2D eigenvalue weighted by atomic mass is 16.8. The number of hydrogen-bond acceptors (Lipinski definition) is 55. The minimum absolute atomic E-state index is 0.129. The molecule has 10 aliphatic heterocycles. The molecule has 1 saturated carbocycles. The van der Waals surface area contributed by atoms with Crippen molar-refractivity contribution >= 4 is 0 Å². The van der Waals surface area contributed by atoms with Crippen molar-refractivity contribution in [3.63, 3.8) is 0 Å². The molecule has 0 aromatic rings. The summed E-state index contributed by atoms with van der Waals surface area (Å²) in [5.74, 6) is -2.41. The molecule has 11 fully saturated rings. The van der Waals surface area contributed by atoms with Crippen LogP contribution in [0, 0.1) is 17.8 Å². The van der Waals surface area contributed by atoms with Crippen LogP contribution >= 0.6 is 0 Å². The van der Waals surface area contributed by atoms with E-state index in [2.05, 4.69) is 0 Å². The molecule has 11 rings (SSSR count). The van der Waals surface area contributed by atoms with Crippen molar-refractivity contribution in [3.05, 3.63) is 0 Å². The molecule has 0 aromatic carbocycles. The van der Waals surface area contributed by atoms with Crippen LogP contribution in [0.15, 0.2) is 0 Å². The molecule has 0 radical (unpaired) electrons. The summed E-state index contributed by atoms with van der Waals surface area (Å²) in [6.07, 6.45) is -88.9. The van der Waals surface area contributed by atoms with Crippen molar-refractivity contribution in [3.8, 4) is 0 Å². The Labute approximate surface area is 709 Å². The van der Waals surface area contributed by atoms with Gasteiger partial charge >= 0.3 is 0 Å². The summed E-state index contributed by atoms with van der Waals surface area (Å²) >= 11 is 0. The number of aliphatic hydroxyl groups excluding tert-OH is 35. The van der Waals surface area contributed by atoms with E-state index < -0.39 is 403 Å². The van der Waals surface area contributed by atoms with Gasteiger partial charge in [0.1, 0.15) is 226 Å². The fraction of sp³-hybridized carbons (Fsp3) is 1.00. The van der Waals surface area contributed by atoms with E-state index >= 15 is 0 Å². The van der Waals surface area contributed by atoms with Gasteiger partial charge in [-0.15, -0.1) is 0 Å². The van der Waals surface area contributed by atoms with Gasteiger partial charge in [0, 0.05) is 38.6 Å². The third-order valence-corrected chi connectivity index (χ3v) is 23.9. The fourth-order valence-corrected chi connectivity index (χ4v) is 16.0. The van der Waals surface area contributed by atoms with Crippen LogP contribution in [-0.2, 0) is 94.7 Å². The van der Waals surface area contributed by atoms with Gasteiger partial charge in [0.25, 0.3) is 0 Å². The average Bonchev–Trinajstić information content (AvgIpc) is 0.769. The molecule has 125 heavy (non-hydrogen) atoms. The van der Waals surface area contributed by atoms with E-state index in [1.54, 1.807) is 0 Å². The first-order valence-corrected chi connectivity index (χ1v) is 40.1. The Morgan fingerprint density at radius 3 is 0.712 bits per heavy atom. The highest BCUT2D eigenvalue weighted by molar-refractivity contribution is 5.03. The van der Waals surface area contributed by atoms with E-state index in [9.17, 15) is 174 Å². The zero-order chi connectivity index (χ0) is 92.7. The maximum Gasteiger partial charge on any atom is 0.192 e. The standard InChI is InChI=1S/C37H64O30.C20H36O15.C13H24O10/c1-8-14(43)9(3-38)58-32(15(8)44)62-28-18(47)12(6-41)61-35(23(28)52)65-30-25(54)36(67-37(26(30)55)66-33-21(50)20(49)16(45)10(4-39)59-33)64-29-19(48)13(7-42)60-34(24(29)53)63-27-17(46)11(5-40)57-31(56-2)22(27)51;1-31-7-2-6(3-21)10(24)17(12(7)26)34-20-16(30)18(13(27)9(5-23)33-20)35-19-15(29)14(28)11(25)8(4-22)32-19;1-4-7(16)5(2-14)22-13(8(4)17)23-11-9(18)6(3-15)21-12(20)10(11)19/h8-55H,3-7H2,1-2H3;6-30H,2-5H2,1H3;4-20H,2-3H2,1H3/t8-,9?,10?,11?,12?,13?,14-,15?,16+,17+,18+,19+,20-,21?,22?,23?,24?,25?,26-,27-,28-,29-,30+,31+,32-,33-,34-,35-,36+,37?;6?,7-,8?,9?,10-,11-,12?,13-,14+,15?,16?,17+,18+,19+,20+;4-,5?,6?,7-,8?,9+,10?,11-,12+,13-/m010/s1. The minimum atomic E-state index is -2.35. The molecular formula is C70H124O55. The second kappa shape index (κ2) is 47.3. The molecular weight excluding hydrogens is 1720 g/mol. The third kappa shape index (κ3) is 23.3. The molecule has 22 unspecified atom stereocenters. The Hall–Kier alpha value is -2.20. The minimum Gasteiger partial charge on any atom is -0.396 e. The first-order chi connectivity index (χ1) is 59.2. The predicted octanol–water partition coefficient (Wildman–Crippen LogP) is -22.6. The van der Waals surface area contributed by atoms with E-state index in [0.29, 0.717) is 0 Å². The average molecular weight is 1850 g/mol. The summed E-state index contributed by atoms with van der Waals surface area (Å²) in [4.78, 5) is 0. The highest BCUT2D eigenvalue weighted by Crippen LogP contribution is 2.41. The topological polar surface area (TPSA) is 893 Å². The lowest BCUT2D eigenvalue weighted by molar-refractivity contribution is -0.428. The van der Waals surface area contributed by atoms with Crippen LogP contribution in [0.25, 0.3) is 0 Å². The molecule has 734 valence electrons. The fourth-order valence-electron chi connectivity index (χ4n) is 16.0. The van der Waals surface area contributed by atoms with Gasteiger partial charge in [0.15, 0.2) is 69.2 Å². The van der Waals surface area contributed by atoms with Crippen molar-refractivity contribution < 1.29 is 273 Å². The molecule has 11 aliphatic rings. The van der Waals surface area contributed by atoms with E-state index in [0.717, 1.165) is 7.11 Å². The zero-order valence-electron chi connectivity index (χ0n) is 67.3. The van der Waals surface area contributed by atoms with Crippen LogP contribution in [0.5, 0.6) is 0 Å². The zero-order valence-corrected chi connectivity index (χ0v) is 67.3. The van der Waals surface area contributed by atoms with E-state index in [-0.39, 0.29) is 6.42 Å². The van der Waals surface area contributed by atoms with Gasteiger partial charge in [0.2, 0.25) is 0 Å². The van der Waals surface area contributed by atoms with Crippen LogP contribution in [0.1, 0.15) is 20.3 Å². The molecule has 55 atom stereocenters. The van der Waals surface area contributed by atoms with Crippen molar-refractivity contribution in [1.29, 1.82) is 0 Å². The van der Waals surface area contributed by atoms with Crippen molar-refractivity contribution in [1.82, 2.24) is 0 Å². The van der Waals surface area contributed by atoms with Gasteiger partial charge in [-0.3, -0.25) is 0 Å². The van der Waals surface area contributed by atoms with Crippen LogP contribution in [-0.4, -0.2) is 578 Å². The van der Waals surface area contributed by atoms with Gasteiger partial charge in [-0.2, -0.15) is 0 Å². The van der Waals surface area contributed by atoms with Gasteiger partial charge in [0.05, 0.1) is 83.9 Å². The Kier molecular flexibility index (Phi) is 40.3. The molecule has 10 heterocycles. The van der Waals surface area contributed by atoms with Crippen molar-refractivity contribution in [2.75, 3.05) is 80.3 Å². The highest BCUT2D eigenvalue weighted by Gasteiger charge is 2.61. The van der Waals surface area contributed by atoms with Crippen molar-refractivity contribution in [2.24, 2.45) is 17.8 Å². The lowest BCUT2D eigenvalue weighted by Crippen LogP contribution is -2.68. The van der Waals surface area contributed by atoms with Gasteiger partial charge in [-0.25, -0.2) is 0 Å².